The first-order chi connectivity index (χ1) is 12.9. The van der Waals surface area contributed by atoms with E-state index in [1.807, 2.05) is 0 Å². The minimum absolute atomic E-state index is 0.189. The number of ether oxygens (including phenoxy) is 1. The van der Waals surface area contributed by atoms with Gasteiger partial charge in [0.1, 0.15) is 6.54 Å². The van der Waals surface area contributed by atoms with Crippen molar-refractivity contribution < 1.29 is 14.3 Å². The Hall–Kier alpha value is -3.39. The number of nitrogens with zero attached hydrogens (tertiary/aromatic N) is 1. The lowest BCUT2D eigenvalue weighted by atomic mass is 10.2. The topological polar surface area (TPSA) is 110 Å². The lowest BCUT2D eigenvalue weighted by Gasteiger charge is -2.08. The second-order valence-corrected chi connectivity index (χ2v) is 6.03. The molecular weight excluding hydrogens is 374 g/mol. The van der Waals surface area contributed by atoms with Gasteiger partial charge >= 0.3 is 5.97 Å². The van der Waals surface area contributed by atoms with Gasteiger partial charge in [0.25, 0.3) is 17.0 Å². The van der Waals surface area contributed by atoms with Gasteiger partial charge in [-0.2, -0.15) is 0 Å². The van der Waals surface area contributed by atoms with Gasteiger partial charge in [0.05, 0.1) is 10.8 Å². The van der Waals surface area contributed by atoms with Crippen molar-refractivity contribution in [1.82, 2.24) is 9.78 Å². The van der Waals surface area contributed by atoms with Crippen LogP contribution in [0.2, 0.25) is 5.02 Å². The Morgan fingerprint density at radius 3 is 2.41 bits per heavy atom. The maximum atomic E-state index is 12.3. The Labute approximate surface area is 157 Å². The summed E-state index contributed by atoms with van der Waals surface area (Å²) in [6, 6.07) is 12.7. The zero-order chi connectivity index (χ0) is 19.4. The van der Waals surface area contributed by atoms with E-state index in [2.05, 4.69) is 10.4 Å². The summed E-state index contributed by atoms with van der Waals surface area (Å²) in [7, 11) is 0. The number of halogens is 1. The number of carbonyl (C=O) groups excluding carboxylic acids is 2. The molecule has 0 saturated carbocycles. The lowest BCUT2D eigenvalue weighted by Crippen LogP contribution is -2.33. The average molecular weight is 388 g/mol. The summed E-state index contributed by atoms with van der Waals surface area (Å²) >= 11 is 5.75. The van der Waals surface area contributed by atoms with Crippen LogP contribution in [0.15, 0.2) is 58.1 Å². The fourth-order valence-electron chi connectivity index (χ4n) is 2.41. The van der Waals surface area contributed by atoms with Crippen LogP contribution in [0.1, 0.15) is 0 Å². The molecule has 1 aromatic heterocycles. The first-order valence-corrected chi connectivity index (χ1v) is 8.25. The molecule has 0 saturated heterocycles. The van der Waals surface area contributed by atoms with E-state index >= 15 is 0 Å². The molecule has 1 heterocycles. The number of benzene rings is 2. The van der Waals surface area contributed by atoms with E-state index in [-0.39, 0.29) is 10.8 Å². The number of H-pyrrole nitrogens is 1. The molecule has 2 N–H and O–H groups in total. The molecule has 138 valence electrons. The number of rotatable bonds is 5. The second-order valence-electron chi connectivity index (χ2n) is 5.59. The molecule has 0 aliphatic carbocycles. The fraction of sp³-hybridized carbons (Fsp3) is 0.111. The third kappa shape index (κ3) is 4.42. The summed E-state index contributed by atoms with van der Waals surface area (Å²) in [4.78, 5) is 48.0. The smallest absolute Gasteiger partial charge is 0.328 e. The number of aromatic amines is 1. The van der Waals surface area contributed by atoms with Crippen molar-refractivity contribution in [1.29, 1.82) is 0 Å². The summed E-state index contributed by atoms with van der Waals surface area (Å²) < 4.78 is 5.70. The van der Waals surface area contributed by atoms with Crippen molar-refractivity contribution in [3.8, 4) is 0 Å². The lowest BCUT2D eigenvalue weighted by molar-refractivity contribution is -0.148. The van der Waals surface area contributed by atoms with Crippen LogP contribution in [0, 0.1) is 0 Å². The Bertz CT molecular complexity index is 1120. The van der Waals surface area contributed by atoms with Crippen LogP contribution in [0.5, 0.6) is 0 Å². The molecule has 0 atom stereocenters. The highest BCUT2D eigenvalue weighted by molar-refractivity contribution is 6.30. The standard InChI is InChI=1S/C18H14ClN3O5/c19-11-5-7-12(8-6-11)20-15(23)10-27-16(24)9-22-18(26)14-4-2-1-3-13(14)17(25)21-22/h1-8H,9-10H2,(H,20,23)(H,21,25). The van der Waals surface area contributed by atoms with Crippen molar-refractivity contribution in [3.63, 3.8) is 0 Å². The van der Waals surface area contributed by atoms with Crippen molar-refractivity contribution in [3.05, 3.63) is 74.3 Å². The summed E-state index contributed by atoms with van der Waals surface area (Å²) in [5, 5.41) is 5.79. The highest BCUT2D eigenvalue weighted by Gasteiger charge is 2.12. The number of fused-ring (bicyclic) bond motifs is 1. The van der Waals surface area contributed by atoms with Crippen LogP contribution in [-0.4, -0.2) is 28.3 Å². The molecule has 0 radical (unpaired) electrons. The van der Waals surface area contributed by atoms with Gasteiger partial charge in [-0.05, 0) is 36.4 Å². The van der Waals surface area contributed by atoms with Gasteiger partial charge in [0.15, 0.2) is 6.61 Å². The summed E-state index contributed by atoms with van der Waals surface area (Å²) in [5.74, 6) is -1.39. The summed E-state index contributed by atoms with van der Waals surface area (Å²) in [5.41, 5.74) is -0.540. The first kappa shape index (κ1) is 18.4. The van der Waals surface area contributed by atoms with Crippen molar-refractivity contribution in [2.24, 2.45) is 0 Å². The van der Waals surface area contributed by atoms with Gasteiger partial charge in [0.2, 0.25) is 0 Å². The molecule has 0 bridgehead atoms. The van der Waals surface area contributed by atoms with Crippen molar-refractivity contribution in [2.75, 3.05) is 11.9 Å². The maximum Gasteiger partial charge on any atom is 0.328 e. The van der Waals surface area contributed by atoms with E-state index in [0.717, 1.165) is 4.68 Å². The molecule has 27 heavy (non-hydrogen) atoms. The monoisotopic (exact) mass is 387 g/mol. The number of carbonyl (C=O) groups is 2. The molecule has 3 aromatic rings. The molecule has 3 rings (SSSR count). The largest absolute Gasteiger partial charge is 0.454 e. The molecule has 0 aliphatic heterocycles. The average Bonchev–Trinajstić information content (AvgIpc) is 2.66. The van der Waals surface area contributed by atoms with Crippen LogP contribution in [-0.2, 0) is 20.9 Å². The van der Waals surface area contributed by atoms with Crippen LogP contribution in [0.3, 0.4) is 0 Å². The molecule has 2 aromatic carbocycles. The highest BCUT2D eigenvalue weighted by Crippen LogP contribution is 2.13. The van der Waals surface area contributed by atoms with E-state index in [0.29, 0.717) is 10.7 Å². The highest BCUT2D eigenvalue weighted by atomic mass is 35.5. The minimum Gasteiger partial charge on any atom is -0.454 e. The number of anilines is 1. The zero-order valence-electron chi connectivity index (χ0n) is 13.9. The maximum absolute atomic E-state index is 12.3. The van der Waals surface area contributed by atoms with Crippen LogP contribution in [0.25, 0.3) is 10.8 Å². The van der Waals surface area contributed by atoms with Gasteiger partial charge in [-0.1, -0.05) is 23.7 Å². The van der Waals surface area contributed by atoms with Crippen LogP contribution < -0.4 is 16.4 Å². The zero-order valence-corrected chi connectivity index (χ0v) is 14.7. The molecule has 0 unspecified atom stereocenters. The Balaban J connectivity index is 1.62. The number of aromatic nitrogens is 2. The SMILES string of the molecule is O=C(COC(=O)Cn1[nH]c(=O)c2ccccc2c1=O)Nc1ccc(Cl)cc1. The number of hydrogen-bond acceptors (Lipinski definition) is 5. The third-order valence-electron chi connectivity index (χ3n) is 3.66. The normalized spacial score (nSPS) is 10.6. The predicted octanol–water partition coefficient (Wildman–Crippen LogP) is 1.53. The van der Waals surface area contributed by atoms with Gasteiger partial charge in [0, 0.05) is 10.7 Å². The quantitative estimate of drug-likeness (QED) is 0.645. The van der Waals surface area contributed by atoms with Gasteiger partial charge < -0.3 is 10.1 Å². The predicted molar refractivity (Wildman–Crippen MR) is 99.9 cm³/mol. The molecule has 1 amide bonds. The van der Waals surface area contributed by atoms with Crippen LogP contribution in [0.4, 0.5) is 5.69 Å². The Morgan fingerprint density at radius 1 is 1.04 bits per heavy atom. The third-order valence-corrected chi connectivity index (χ3v) is 3.92. The van der Waals surface area contributed by atoms with Gasteiger partial charge in [-0.25, -0.2) is 4.68 Å². The number of amides is 1. The first-order valence-electron chi connectivity index (χ1n) is 7.87. The minimum atomic E-state index is -0.839. The summed E-state index contributed by atoms with van der Waals surface area (Å²) in [6.07, 6.45) is 0. The number of nitrogens with one attached hydrogen (secondary N) is 2. The molecule has 8 nitrogen and oxygen atoms in total. The molecular formula is C18H14ClN3O5. The Morgan fingerprint density at radius 2 is 1.70 bits per heavy atom. The summed E-state index contributed by atoms with van der Waals surface area (Å²) in [6.45, 7) is -1.05. The number of esters is 1. The molecule has 0 aliphatic rings. The van der Waals surface area contributed by atoms with Crippen molar-refractivity contribution >= 4 is 39.9 Å². The van der Waals surface area contributed by atoms with E-state index in [1.54, 1.807) is 36.4 Å². The molecule has 0 spiro atoms. The van der Waals surface area contributed by atoms with E-state index in [9.17, 15) is 19.2 Å². The van der Waals surface area contributed by atoms with Gasteiger partial charge in [-0.15, -0.1) is 0 Å². The molecule has 0 fully saturated rings. The Kier molecular flexibility index (Phi) is 5.37. The van der Waals surface area contributed by atoms with Crippen LogP contribution >= 0.6 is 11.6 Å². The van der Waals surface area contributed by atoms with Gasteiger partial charge in [-0.3, -0.25) is 24.3 Å². The fourth-order valence-corrected chi connectivity index (χ4v) is 2.53. The second kappa shape index (κ2) is 7.88. The number of hydrogen-bond donors (Lipinski definition) is 2. The van der Waals surface area contributed by atoms with E-state index < -0.39 is 36.1 Å². The molecule has 9 heteroatoms. The van der Waals surface area contributed by atoms with Crippen molar-refractivity contribution in [2.45, 2.75) is 6.54 Å². The van der Waals surface area contributed by atoms with E-state index in [4.69, 9.17) is 16.3 Å². The van der Waals surface area contributed by atoms with E-state index in [1.165, 1.54) is 12.1 Å².